The van der Waals surface area contributed by atoms with Gasteiger partial charge in [0.1, 0.15) is 0 Å². The number of rotatable bonds is 10. The summed E-state index contributed by atoms with van der Waals surface area (Å²) < 4.78 is 22.3. The largest absolute Gasteiger partial charge is 0.493 e. The Labute approximate surface area is 188 Å². The summed E-state index contributed by atoms with van der Waals surface area (Å²) in [6.45, 7) is 2.13. The summed E-state index contributed by atoms with van der Waals surface area (Å²) in [4.78, 5) is 13.6. The lowest BCUT2D eigenvalue weighted by Gasteiger charge is -2.29. The van der Waals surface area contributed by atoms with Crippen molar-refractivity contribution in [3.05, 3.63) is 51.1 Å². The van der Waals surface area contributed by atoms with Gasteiger partial charge in [0.15, 0.2) is 23.0 Å². The molecule has 0 fully saturated rings. The quantitative estimate of drug-likeness (QED) is 0.338. The van der Waals surface area contributed by atoms with Crippen molar-refractivity contribution in [1.82, 2.24) is 10.2 Å². The number of nitro groups is 1. The first kappa shape index (κ1) is 23.6. The van der Waals surface area contributed by atoms with Crippen LogP contribution in [0.25, 0.3) is 0 Å². The molecule has 0 saturated carbocycles. The van der Waals surface area contributed by atoms with Crippen molar-refractivity contribution < 1.29 is 23.9 Å². The minimum Gasteiger partial charge on any atom is -0.493 e. The molecule has 2 aromatic rings. The number of fused-ring (bicyclic) bond motifs is 1. The number of nitrogens with one attached hydrogen (secondary N) is 1. The van der Waals surface area contributed by atoms with Crippen LogP contribution in [0.5, 0.6) is 23.0 Å². The maximum absolute atomic E-state index is 11.9. The Morgan fingerprint density at radius 2 is 1.62 bits per heavy atom. The van der Waals surface area contributed by atoms with E-state index in [-0.39, 0.29) is 5.69 Å². The lowest BCUT2D eigenvalue weighted by atomic mass is 9.88. The normalized spacial score (nSPS) is 15.2. The van der Waals surface area contributed by atoms with Crippen LogP contribution < -0.4 is 24.3 Å². The van der Waals surface area contributed by atoms with Crippen LogP contribution in [0.3, 0.4) is 0 Å². The van der Waals surface area contributed by atoms with Crippen molar-refractivity contribution in [3.8, 4) is 23.0 Å². The van der Waals surface area contributed by atoms with Gasteiger partial charge in [-0.25, -0.2) is 0 Å². The monoisotopic (exact) mass is 445 g/mol. The molecule has 0 aromatic heterocycles. The van der Waals surface area contributed by atoms with Gasteiger partial charge in [0.25, 0.3) is 5.69 Å². The van der Waals surface area contributed by atoms with Crippen LogP contribution >= 0.6 is 0 Å². The molecular formula is C23H31N3O6. The van der Waals surface area contributed by atoms with E-state index < -0.39 is 11.0 Å². The molecule has 32 heavy (non-hydrogen) atoms. The van der Waals surface area contributed by atoms with E-state index in [4.69, 9.17) is 18.9 Å². The molecule has 0 spiro atoms. The molecular weight excluding hydrogens is 414 g/mol. The molecule has 1 heterocycles. The number of hydrogen-bond acceptors (Lipinski definition) is 8. The summed E-state index contributed by atoms with van der Waals surface area (Å²) in [7, 11) is 8.63. The number of hydrogen-bond donors (Lipinski definition) is 1. The Kier molecular flexibility index (Phi) is 7.76. The van der Waals surface area contributed by atoms with Crippen LogP contribution in [0.15, 0.2) is 24.3 Å². The fourth-order valence-electron chi connectivity index (χ4n) is 3.95. The molecule has 0 aliphatic carbocycles. The van der Waals surface area contributed by atoms with Crippen LogP contribution in [0.4, 0.5) is 5.69 Å². The second-order valence-electron chi connectivity index (χ2n) is 7.87. The van der Waals surface area contributed by atoms with Gasteiger partial charge in [-0.05, 0) is 56.3 Å². The van der Waals surface area contributed by atoms with E-state index in [9.17, 15) is 10.1 Å². The van der Waals surface area contributed by atoms with E-state index >= 15 is 0 Å². The smallest absolute Gasteiger partial charge is 0.278 e. The van der Waals surface area contributed by atoms with Crippen molar-refractivity contribution in [2.24, 2.45) is 0 Å². The van der Waals surface area contributed by atoms with E-state index in [0.717, 1.165) is 30.5 Å². The lowest BCUT2D eigenvalue weighted by Crippen LogP contribution is -2.31. The van der Waals surface area contributed by atoms with Crippen LogP contribution in [0.1, 0.15) is 29.2 Å². The van der Waals surface area contributed by atoms with E-state index in [1.807, 2.05) is 26.2 Å². The third-order valence-corrected chi connectivity index (χ3v) is 5.53. The summed E-state index contributed by atoms with van der Waals surface area (Å²) in [6.07, 6.45) is 1.65. The molecule has 1 unspecified atom stereocenters. The minimum atomic E-state index is -0.394. The highest BCUT2D eigenvalue weighted by molar-refractivity contribution is 5.59. The van der Waals surface area contributed by atoms with E-state index in [2.05, 4.69) is 10.2 Å². The number of nitro benzene ring substituents is 1. The first-order valence-electron chi connectivity index (χ1n) is 10.5. The maximum Gasteiger partial charge on any atom is 0.278 e. The summed E-state index contributed by atoms with van der Waals surface area (Å²) in [6, 6.07) is 6.59. The zero-order chi connectivity index (χ0) is 23.3. The predicted octanol–water partition coefficient (Wildman–Crippen LogP) is 3.19. The predicted molar refractivity (Wildman–Crippen MR) is 121 cm³/mol. The number of benzene rings is 2. The molecule has 174 valence electrons. The van der Waals surface area contributed by atoms with E-state index in [1.165, 1.54) is 20.3 Å². The molecule has 0 bridgehead atoms. The van der Waals surface area contributed by atoms with Gasteiger partial charge < -0.3 is 29.2 Å². The fourth-order valence-corrected chi connectivity index (χ4v) is 3.95. The van der Waals surface area contributed by atoms with Crippen molar-refractivity contribution in [2.75, 3.05) is 55.1 Å². The molecule has 1 atom stereocenters. The number of ether oxygens (including phenoxy) is 4. The van der Waals surface area contributed by atoms with E-state index in [0.29, 0.717) is 41.7 Å². The van der Waals surface area contributed by atoms with Gasteiger partial charge in [-0.2, -0.15) is 0 Å². The average Bonchev–Trinajstić information content (AvgIpc) is 2.79. The second-order valence-corrected chi connectivity index (χ2v) is 7.87. The number of nitrogens with zero attached hydrogens (tertiary/aromatic N) is 2. The highest BCUT2D eigenvalue weighted by atomic mass is 16.6. The van der Waals surface area contributed by atoms with Gasteiger partial charge in [-0.15, -0.1) is 0 Å². The summed E-state index contributed by atoms with van der Waals surface area (Å²) in [5, 5.41) is 15.3. The van der Waals surface area contributed by atoms with Crippen LogP contribution in [-0.4, -0.2) is 64.9 Å². The van der Waals surface area contributed by atoms with Crippen molar-refractivity contribution in [3.63, 3.8) is 0 Å². The zero-order valence-electron chi connectivity index (χ0n) is 19.3. The lowest BCUT2D eigenvalue weighted by molar-refractivity contribution is -0.385. The molecule has 9 nitrogen and oxygen atoms in total. The molecule has 0 saturated heterocycles. The van der Waals surface area contributed by atoms with Crippen LogP contribution in [-0.2, 0) is 6.42 Å². The highest BCUT2D eigenvalue weighted by Gasteiger charge is 2.31. The van der Waals surface area contributed by atoms with Gasteiger partial charge in [-0.3, -0.25) is 10.1 Å². The second kappa shape index (κ2) is 10.5. The zero-order valence-corrected chi connectivity index (χ0v) is 19.3. The van der Waals surface area contributed by atoms with Crippen molar-refractivity contribution in [1.29, 1.82) is 0 Å². The first-order valence-corrected chi connectivity index (χ1v) is 10.5. The van der Waals surface area contributed by atoms with Gasteiger partial charge >= 0.3 is 0 Å². The van der Waals surface area contributed by atoms with Gasteiger partial charge in [0, 0.05) is 13.1 Å². The maximum atomic E-state index is 11.9. The van der Waals surface area contributed by atoms with Crippen LogP contribution in [0.2, 0.25) is 0 Å². The van der Waals surface area contributed by atoms with Crippen molar-refractivity contribution >= 4 is 5.69 Å². The molecule has 9 heteroatoms. The average molecular weight is 446 g/mol. The molecule has 3 rings (SSSR count). The Balaban J connectivity index is 2.03. The van der Waals surface area contributed by atoms with Crippen LogP contribution in [0, 0.1) is 10.1 Å². The molecule has 1 aliphatic rings. The molecule has 0 amide bonds. The highest BCUT2D eigenvalue weighted by Crippen LogP contribution is 2.43. The molecule has 0 radical (unpaired) electrons. The van der Waals surface area contributed by atoms with Gasteiger partial charge in [0.05, 0.1) is 50.5 Å². The van der Waals surface area contributed by atoms with Gasteiger partial charge in [-0.1, -0.05) is 0 Å². The SMILES string of the molecule is COc1cc(C2NCCc3cc(OC)c(OCCCN(C)C)cc32)c([N+](=O)[O-])cc1OC. The summed E-state index contributed by atoms with van der Waals surface area (Å²) in [5.74, 6) is 2.05. The van der Waals surface area contributed by atoms with Gasteiger partial charge in [0.2, 0.25) is 0 Å². The molecule has 1 aliphatic heterocycles. The standard InChI is InChI=1S/C23H31N3O6/c1-25(2)9-6-10-32-22-12-16-15(11-19(22)29-3)7-8-24-23(16)17-13-20(30-4)21(31-5)14-18(17)26(27)28/h11-14,23-24H,6-10H2,1-5H3. The Bertz CT molecular complexity index is 963. The first-order chi connectivity index (χ1) is 15.4. The third kappa shape index (κ3) is 5.05. The third-order valence-electron chi connectivity index (χ3n) is 5.53. The molecule has 2 aromatic carbocycles. The topological polar surface area (TPSA) is 95.3 Å². The Hall–Kier alpha value is -3.04. The van der Waals surface area contributed by atoms with E-state index in [1.54, 1.807) is 13.2 Å². The number of methoxy groups -OCH3 is 3. The van der Waals surface area contributed by atoms with Crippen molar-refractivity contribution in [2.45, 2.75) is 18.9 Å². The fraction of sp³-hybridized carbons (Fsp3) is 0.478. The molecule has 1 N–H and O–H groups in total. The Morgan fingerprint density at radius 3 is 2.25 bits per heavy atom. The summed E-state index contributed by atoms with van der Waals surface area (Å²) in [5.41, 5.74) is 2.47. The Morgan fingerprint density at radius 1 is 1.00 bits per heavy atom. The minimum absolute atomic E-state index is 0.0303. The summed E-state index contributed by atoms with van der Waals surface area (Å²) >= 11 is 0.